The highest BCUT2D eigenvalue weighted by Gasteiger charge is 2.42. The maximum Gasteiger partial charge on any atom is 0.0158 e. The molecule has 0 amide bonds. The molecule has 0 N–H and O–H groups in total. The average Bonchev–Trinajstić information content (AvgIpc) is 1.95. The summed E-state index contributed by atoms with van der Waals surface area (Å²) in [5.41, 5.74) is 1.13. The first-order chi connectivity index (χ1) is 6.55. The van der Waals surface area contributed by atoms with Crippen molar-refractivity contribution in [3.8, 4) is 0 Å². The van der Waals surface area contributed by atoms with Crippen LogP contribution in [0.5, 0.6) is 0 Å². The van der Waals surface area contributed by atoms with Crippen molar-refractivity contribution in [3.05, 3.63) is 0 Å². The summed E-state index contributed by atoms with van der Waals surface area (Å²) in [6.07, 6.45) is 4.06. The van der Waals surface area contributed by atoms with Crippen LogP contribution in [0.25, 0.3) is 0 Å². The zero-order valence-corrected chi connectivity index (χ0v) is 11.8. The highest BCUT2D eigenvalue weighted by Crippen LogP contribution is 2.39. The van der Waals surface area contributed by atoms with Gasteiger partial charge in [0.25, 0.3) is 0 Å². The fourth-order valence-corrected chi connectivity index (χ4v) is 2.95. The van der Waals surface area contributed by atoms with Gasteiger partial charge in [0, 0.05) is 17.6 Å². The molecule has 1 aliphatic heterocycles. The summed E-state index contributed by atoms with van der Waals surface area (Å²) in [5.74, 6) is 0. The zero-order valence-electron chi connectivity index (χ0n) is 11.8. The monoisotopic (exact) mass is 211 g/mol. The van der Waals surface area contributed by atoms with E-state index in [-0.39, 0.29) is 0 Å². The molecule has 0 atom stereocenters. The van der Waals surface area contributed by atoms with Crippen molar-refractivity contribution >= 4 is 0 Å². The zero-order chi connectivity index (χ0) is 11.9. The van der Waals surface area contributed by atoms with Gasteiger partial charge in [-0.05, 0) is 52.4 Å². The van der Waals surface area contributed by atoms with Crippen molar-refractivity contribution in [1.82, 2.24) is 4.90 Å². The molecular formula is C14H29N. The lowest BCUT2D eigenvalue weighted by Gasteiger charge is -2.55. The second kappa shape index (κ2) is 3.76. The van der Waals surface area contributed by atoms with Gasteiger partial charge in [-0.3, -0.25) is 4.90 Å². The quantitative estimate of drug-likeness (QED) is 0.632. The standard InChI is InChI=1S/C14H29N/c1-12(2,3)11-15-13(4,5)9-8-10-14(15,6)7/h8-11H2,1-7H3. The van der Waals surface area contributed by atoms with Crippen molar-refractivity contribution in [2.24, 2.45) is 5.41 Å². The lowest BCUT2D eigenvalue weighted by Crippen LogP contribution is -2.60. The highest BCUT2D eigenvalue weighted by molar-refractivity contribution is 4.98. The molecule has 1 nitrogen and oxygen atoms in total. The van der Waals surface area contributed by atoms with Crippen LogP contribution in [0.15, 0.2) is 0 Å². The number of likely N-dealkylation sites (tertiary alicyclic amines) is 1. The minimum absolute atomic E-state index is 0.370. The summed E-state index contributed by atoms with van der Waals surface area (Å²) in [5, 5.41) is 0. The van der Waals surface area contributed by atoms with Crippen LogP contribution in [0.2, 0.25) is 0 Å². The molecule has 0 aromatic heterocycles. The van der Waals surface area contributed by atoms with Crippen LogP contribution in [0, 0.1) is 5.41 Å². The van der Waals surface area contributed by atoms with Gasteiger partial charge >= 0.3 is 0 Å². The molecule has 1 heteroatoms. The molecule has 0 aromatic rings. The van der Waals surface area contributed by atoms with Crippen molar-refractivity contribution < 1.29 is 0 Å². The maximum atomic E-state index is 2.73. The molecule has 1 rings (SSSR count). The van der Waals surface area contributed by atoms with Gasteiger partial charge in [0.15, 0.2) is 0 Å². The van der Waals surface area contributed by atoms with E-state index >= 15 is 0 Å². The molecule has 0 aromatic carbocycles. The number of piperidine rings is 1. The highest BCUT2D eigenvalue weighted by atomic mass is 15.3. The minimum Gasteiger partial charge on any atom is -0.293 e. The summed E-state index contributed by atoms with van der Waals surface area (Å²) in [6.45, 7) is 17.8. The smallest absolute Gasteiger partial charge is 0.0158 e. The molecule has 0 spiro atoms. The van der Waals surface area contributed by atoms with Gasteiger partial charge in [-0.15, -0.1) is 0 Å². The SMILES string of the molecule is CC(C)(C)CN1C(C)(C)CCCC1(C)C. The Bertz CT molecular complexity index is 204. The number of rotatable bonds is 1. The summed E-state index contributed by atoms with van der Waals surface area (Å²) in [6, 6.07) is 0. The van der Waals surface area contributed by atoms with Gasteiger partial charge in [0.05, 0.1) is 0 Å². The van der Waals surface area contributed by atoms with Gasteiger partial charge in [-0.1, -0.05) is 20.8 Å². The molecule has 0 radical (unpaired) electrons. The van der Waals surface area contributed by atoms with Crippen LogP contribution < -0.4 is 0 Å². The largest absolute Gasteiger partial charge is 0.293 e. The third kappa shape index (κ3) is 3.21. The number of nitrogens with zero attached hydrogens (tertiary/aromatic N) is 1. The molecule has 1 fully saturated rings. The van der Waals surface area contributed by atoms with E-state index in [1.165, 1.54) is 25.8 Å². The molecule has 15 heavy (non-hydrogen) atoms. The van der Waals surface area contributed by atoms with E-state index < -0.39 is 0 Å². The Morgan fingerprint density at radius 1 is 0.933 bits per heavy atom. The Hall–Kier alpha value is -0.0400. The van der Waals surface area contributed by atoms with Gasteiger partial charge in [-0.2, -0.15) is 0 Å². The van der Waals surface area contributed by atoms with E-state index in [0.717, 1.165) is 0 Å². The molecule has 1 saturated heterocycles. The molecule has 90 valence electrons. The van der Waals surface area contributed by atoms with Crippen LogP contribution in [-0.4, -0.2) is 22.5 Å². The third-order valence-corrected chi connectivity index (χ3v) is 3.67. The third-order valence-electron chi connectivity index (χ3n) is 3.67. The summed E-state index contributed by atoms with van der Waals surface area (Å²) in [7, 11) is 0. The van der Waals surface area contributed by atoms with E-state index in [0.29, 0.717) is 16.5 Å². The molecule has 0 unspecified atom stereocenters. The summed E-state index contributed by atoms with van der Waals surface area (Å²) in [4.78, 5) is 2.73. The van der Waals surface area contributed by atoms with E-state index in [1.807, 2.05) is 0 Å². The Kier molecular flexibility index (Phi) is 3.27. The van der Waals surface area contributed by atoms with E-state index in [4.69, 9.17) is 0 Å². The summed E-state index contributed by atoms with van der Waals surface area (Å²) >= 11 is 0. The second-order valence-electron chi connectivity index (χ2n) is 7.63. The van der Waals surface area contributed by atoms with Crippen LogP contribution in [-0.2, 0) is 0 Å². The van der Waals surface area contributed by atoms with Crippen LogP contribution in [0.1, 0.15) is 67.7 Å². The van der Waals surface area contributed by atoms with Gasteiger partial charge in [0.1, 0.15) is 0 Å². The van der Waals surface area contributed by atoms with Gasteiger partial charge < -0.3 is 0 Å². The molecule has 1 heterocycles. The van der Waals surface area contributed by atoms with Gasteiger partial charge in [0.2, 0.25) is 0 Å². The Morgan fingerprint density at radius 2 is 1.33 bits per heavy atom. The molecule has 0 aliphatic carbocycles. The number of hydrogen-bond acceptors (Lipinski definition) is 1. The normalized spacial score (nSPS) is 26.6. The molecule has 0 saturated carbocycles. The fourth-order valence-electron chi connectivity index (χ4n) is 2.95. The van der Waals surface area contributed by atoms with Crippen molar-refractivity contribution in [2.45, 2.75) is 78.8 Å². The Morgan fingerprint density at radius 3 is 1.67 bits per heavy atom. The minimum atomic E-state index is 0.370. The predicted octanol–water partition coefficient (Wildman–Crippen LogP) is 4.08. The second-order valence-corrected chi connectivity index (χ2v) is 7.63. The van der Waals surface area contributed by atoms with Gasteiger partial charge in [-0.25, -0.2) is 0 Å². The molecular weight excluding hydrogens is 182 g/mol. The fraction of sp³-hybridized carbons (Fsp3) is 1.00. The first-order valence-corrected chi connectivity index (χ1v) is 6.32. The Balaban J connectivity index is 2.87. The lowest BCUT2D eigenvalue weighted by molar-refractivity contribution is -0.0477. The van der Waals surface area contributed by atoms with Crippen molar-refractivity contribution in [2.75, 3.05) is 6.54 Å². The predicted molar refractivity (Wildman–Crippen MR) is 68.2 cm³/mol. The first-order valence-electron chi connectivity index (χ1n) is 6.32. The molecule has 1 aliphatic rings. The van der Waals surface area contributed by atoms with Crippen LogP contribution in [0.4, 0.5) is 0 Å². The van der Waals surface area contributed by atoms with E-state index in [1.54, 1.807) is 0 Å². The van der Waals surface area contributed by atoms with Crippen molar-refractivity contribution in [1.29, 1.82) is 0 Å². The average molecular weight is 211 g/mol. The lowest BCUT2D eigenvalue weighted by atomic mass is 9.78. The first kappa shape index (κ1) is 13.0. The Labute approximate surface area is 96.2 Å². The maximum absolute atomic E-state index is 2.73. The topological polar surface area (TPSA) is 3.24 Å². The van der Waals surface area contributed by atoms with Crippen LogP contribution in [0.3, 0.4) is 0 Å². The number of hydrogen-bond donors (Lipinski definition) is 0. The van der Waals surface area contributed by atoms with Crippen molar-refractivity contribution in [3.63, 3.8) is 0 Å². The van der Waals surface area contributed by atoms with E-state index in [9.17, 15) is 0 Å². The summed E-state index contributed by atoms with van der Waals surface area (Å²) < 4.78 is 0. The molecule has 0 bridgehead atoms. The van der Waals surface area contributed by atoms with Crippen LogP contribution >= 0.6 is 0 Å². The van der Waals surface area contributed by atoms with E-state index in [2.05, 4.69) is 53.4 Å².